The minimum Gasteiger partial charge on any atom is -0.489 e. The van der Waals surface area contributed by atoms with Gasteiger partial charge < -0.3 is 15.2 Å². The maximum atomic E-state index is 6.25. The van der Waals surface area contributed by atoms with Gasteiger partial charge in [-0.25, -0.2) is 0 Å². The first-order chi connectivity index (χ1) is 8.95. The first-order valence-corrected chi connectivity index (χ1v) is 7.20. The van der Waals surface area contributed by atoms with Crippen LogP contribution in [0.3, 0.4) is 0 Å². The Bertz CT molecular complexity index is 426. The maximum Gasteiger partial charge on any atom is 0.138 e. The number of rotatable bonds is 3. The van der Waals surface area contributed by atoms with Crippen molar-refractivity contribution in [2.45, 2.75) is 58.0 Å². The molecule has 2 rings (SSSR count). The molecule has 19 heavy (non-hydrogen) atoms. The van der Waals surface area contributed by atoms with E-state index in [1.54, 1.807) is 0 Å². The average Bonchev–Trinajstić information content (AvgIpc) is 2.30. The fraction of sp³-hybridized carbons (Fsp3) is 0.600. The van der Waals surface area contributed by atoms with Crippen molar-refractivity contribution in [1.82, 2.24) is 0 Å². The normalized spacial score (nSPS) is 29.0. The molecule has 0 spiro atoms. The summed E-state index contributed by atoms with van der Waals surface area (Å²) in [5.74, 6) is 0.734. The molecule has 0 aliphatic carbocycles. The lowest BCUT2D eigenvalue weighted by atomic mass is 10.0. The largest absolute Gasteiger partial charge is 0.489 e. The number of hydrogen-bond acceptors (Lipinski definition) is 3. The summed E-state index contributed by atoms with van der Waals surface area (Å²) < 4.78 is 11.7. The van der Waals surface area contributed by atoms with Crippen LogP contribution in [0, 0.1) is 0 Å². The predicted octanol–water partition coefficient (Wildman–Crippen LogP) is 3.69. The van der Waals surface area contributed by atoms with Crippen molar-refractivity contribution >= 4 is 11.6 Å². The van der Waals surface area contributed by atoms with Gasteiger partial charge in [-0.2, -0.15) is 0 Å². The van der Waals surface area contributed by atoms with Gasteiger partial charge in [0.15, 0.2) is 0 Å². The molecule has 1 fully saturated rings. The molecule has 1 aliphatic heterocycles. The third-order valence-electron chi connectivity index (χ3n) is 3.43. The molecule has 1 heterocycles. The molecular weight excluding hydrogens is 262 g/mol. The summed E-state index contributed by atoms with van der Waals surface area (Å²) in [5.41, 5.74) is 6.86. The molecule has 2 unspecified atom stereocenters. The zero-order valence-corrected chi connectivity index (χ0v) is 12.5. The summed E-state index contributed by atoms with van der Waals surface area (Å²) in [6, 6.07) is 5.74. The van der Waals surface area contributed by atoms with Gasteiger partial charge >= 0.3 is 0 Å². The Labute approximate surface area is 120 Å². The Balaban J connectivity index is 2.06. The van der Waals surface area contributed by atoms with Crippen molar-refractivity contribution in [2.75, 3.05) is 0 Å². The lowest BCUT2D eigenvalue weighted by molar-refractivity contribution is -0.0721. The van der Waals surface area contributed by atoms with Crippen LogP contribution in [-0.4, -0.2) is 18.3 Å². The van der Waals surface area contributed by atoms with Crippen LogP contribution >= 0.6 is 11.6 Å². The molecule has 0 radical (unpaired) electrons. The highest BCUT2D eigenvalue weighted by Crippen LogP contribution is 2.31. The second-order valence-electron chi connectivity index (χ2n) is 5.45. The Morgan fingerprint density at radius 1 is 1.32 bits per heavy atom. The van der Waals surface area contributed by atoms with Crippen molar-refractivity contribution in [1.29, 1.82) is 0 Å². The Morgan fingerprint density at radius 2 is 1.95 bits per heavy atom. The quantitative estimate of drug-likeness (QED) is 0.920. The molecule has 0 amide bonds. The topological polar surface area (TPSA) is 44.5 Å². The first kappa shape index (κ1) is 14.6. The molecule has 0 saturated carbocycles. The van der Waals surface area contributed by atoms with Gasteiger partial charge in [0.05, 0.1) is 17.2 Å². The predicted molar refractivity (Wildman–Crippen MR) is 77.7 cm³/mol. The van der Waals surface area contributed by atoms with Gasteiger partial charge in [-0.1, -0.05) is 17.7 Å². The molecular formula is C15H22ClNO2. The highest BCUT2D eigenvalue weighted by atomic mass is 35.5. The highest BCUT2D eigenvalue weighted by molar-refractivity contribution is 6.32. The van der Waals surface area contributed by atoms with Crippen LogP contribution < -0.4 is 10.5 Å². The summed E-state index contributed by atoms with van der Waals surface area (Å²) in [6.07, 6.45) is 2.43. The summed E-state index contributed by atoms with van der Waals surface area (Å²) in [5, 5.41) is 0.626. The van der Waals surface area contributed by atoms with E-state index in [9.17, 15) is 0 Å². The molecule has 1 aromatic rings. The second kappa shape index (κ2) is 6.12. The lowest BCUT2D eigenvalue weighted by Crippen LogP contribution is -2.35. The third-order valence-corrected chi connectivity index (χ3v) is 3.72. The summed E-state index contributed by atoms with van der Waals surface area (Å²) in [6.45, 7) is 6.09. The highest BCUT2D eigenvalue weighted by Gasteiger charge is 2.26. The minimum absolute atomic E-state index is 0.0188. The Kier molecular flexibility index (Phi) is 4.71. The van der Waals surface area contributed by atoms with Crippen LogP contribution in [0.1, 0.15) is 45.2 Å². The first-order valence-electron chi connectivity index (χ1n) is 6.83. The lowest BCUT2D eigenvalue weighted by Gasteiger charge is -2.32. The summed E-state index contributed by atoms with van der Waals surface area (Å²) in [4.78, 5) is 0. The number of nitrogens with two attached hydrogens (primary N) is 1. The smallest absolute Gasteiger partial charge is 0.138 e. The van der Waals surface area contributed by atoms with E-state index in [-0.39, 0.29) is 24.4 Å². The molecule has 3 nitrogen and oxygen atoms in total. The summed E-state index contributed by atoms with van der Waals surface area (Å²) in [7, 11) is 0. The van der Waals surface area contributed by atoms with E-state index >= 15 is 0 Å². The number of benzene rings is 1. The van der Waals surface area contributed by atoms with Crippen molar-refractivity contribution < 1.29 is 9.47 Å². The van der Waals surface area contributed by atoms with Gasteiger partial charge in [-0.3, -0.25) is 0 Å². The molecule has 1 aromatic carbocycles. The van der Waals surface area contributed by atoms with Crippen LogP contribution in [0.2, 0.25) is 5.02 Å². The standard InChI is InChI=1S/C15H22ClNO2/c1-9-6-13(7-10(2)18-9)19-15-5-4-12(11(3)17)8-14(15)16/h4-5,8-11,13H,6-7,17H2,1-3H3/t9?,10?,11-,13?/m0/s1. The van der Waals surface area contributed by atoms with Crippen molar-refractivity contribution in [3.8, 4) is 5.75 Å². The SMILES string of the molecule is CC1CC(Oc2ccc([C@H](C)N)cc2Cl)CC(C)O1. The fourth-order valence-corrected chi connectivity index (χ4v) is 2.75. The number of hydrogen-bond donors (Lipinski definition) is 1. The number of ether oxygens (including phenoxy) is 2. The van der Waals surface area contributed by atoms with E-state index in [0.717, 1.165) is 24.2 Å². The van der Waals surface area contributed by atoms with Gasteiger partial charge in [-0.05, 0) is 38.5 Å². The van der Waals surface area contributed by atoms with E-state index in [0.29, 0.717) is 5.02 Å². The average molecular weight is 284 g/mol. The Morgan fingerprint density at radius 3 is 2.47 bits per heavy atom. The molecule has 0 aromatic heterocycles. The van der Waals surface area contributed by atoms with Crippen LogP contribution in [0.5, 0.6) is 5.75 Å². The van der Waals surface area contributed by atoms with E-state index in [2.05, 4.69) is 13.8 Å². The van der Waals surface area contributed by atoms with Crippen LogP contribution in [0.15, 0.2) is 18.2 Å². The van der Waals surface area contributed by atoms with Gasteiger partial charge in [0.25, 0.3) is 0 Å². The fourth-order valence-electron chi connectivity index (χ4n) is 2.52. The van der Waals surface area contributed by atoms with E-state index in [4.69, 9.17) is 26.8 Å². The number of halogens is 1. The molecule has 1 aliphatic rings. The molecule has 4 heteroatoms. The van der Waals surface area contributed by atoms with Gasteiger partial charge in [0, 0.05) is 18.9 Å². The van der Waals surface area contributed by atoms with Crippen LogP contribution in [0.4, 0.5) is 0 Å². The molecule has 1 saturated heterocycles. The van der Waals surface area contributed by atoms with Crippen LogP contribution in [0.25, 0.3) is 0 Å². The molecule has 2 N–H and O–H groups in total. The Hall–Kier alpha value is -0.770. The van der Waals surface area contributed by atoms with Gasteiger partial charge in [0.1, 0.15) is 11.9 Å². The summed E-state index contributed by atoms with van der Waals surface area (Å²) >= 11 is 6.25. The zero-order valence-electron chi connectivity index (χ0n) is 11.7. The van der Waals surface area contributed by atoms with Crippen molar-refractivity contribution in [3.05, 3.63) is 28.8 Å². The van der Waals surface area contributed by atoms with Crippen molar-refractivity contribution in [3.63, 3.8) is 0 Å². The monoisotopic (exact) mass is 283 g/mol. The van der Waals surface area contributed by atoms with Crippen molar-refractivity contribution in [2.24, 2.45) is 5.73 Å². The van der Waals surface area contributed by atoms with E-state index in [1.807, 2.05) is 25.1 Å². The third kappa shape index (κ3) is 3.85. The molecule has 3 atom stereocenters. The van der Waals surface area contributed by atoms with E-state index in [1.165, 1.54) is 0 Å². The molecule has 0 bridgehead atoms. The minimum atomic E-state index is -0.0188. The van der Waals surface area contributed by atoms with Gasteiger partial charge in [0.2, 0.25) is 0 Å². The molecule has 106 valence electrons. The maximum absolute atomic E-state index is 6.25. The van der Waals surface area contributed by atoms with Gasteiger partial charge in [-0.15, -0.1) is 0 Å². The second-order valence-corrected chi connectivity index (χ2v) is 5.85. The van der Waals surface area contributed by atoms with E-state index < -0.39 is 0 Å². The zero-order chi connectivity index (χ0) is 14.0. The van der Waals surface area contributed by atoms with Crippen LogP contribution in [-0.2, 0) is 4.74 Å².